The third kappa shape index (κ3) is 7.04. The number of nitrogens with zero attached hydrogens (tertiary/aromatic N) is 4. The van der Waals surface area contributed by atoms with Gasteiger partial charge in [0.1, 0.15) is 5.75 Å². The SMILES string of the molecule is CC(C)(CN1CCN(C(=O)c2ccc(-c3cc4nccc(Oc5ccc(NC(=O)NC6CC6)cc5F)c4s3)nc2)CC1)C(=O)O. The van der Waals surface area contributed by atoms with E-state index in [1.807, 2.05) is 6.07 Å². The van der Waals surface area contributed by atoms with Crippen LogP contribution in [0.25, 0.3) is 20.8 Å². The minimum absolute atomic E-state index is 0.0121. The molecule has 45 heavy (non-hydrogen) atoms. The van der Waals surface area contributed by atoms with E-state index < -0.39 is 17.2 Å². The van der Waals surface area contributed by atoms with Gasteiger partial charge in [-0.3, -0.25) is 24.5 Å². The molecule has 0 radical (unpaired) electrons. The van der Waals surface area contributed by atoms with Crippen LogP contribution in [0, 0.1) is 11.2 Å². The van der Waals surface area contributed by atoms with Crippen LogP contribution >= 0.6 is 11.3 Å². The van der Waals surface area contributed by atoms with Crippen LogP contribution in [0.15, 0.2) is 54.9 Å². The predicted octanol–water partition coefficient (Wildman–Crippen LogP) is 5.44. The third-order valence-electron chi connectivity index (χ3n) is 7.82. The molecule has 6 rings (SSSR count). The number of urea groups is 1. The molecule has 1 aliphatic heterocycles. The first kappa shape index (κ1) is 30.4. The van der Waals surface area contributed by atoms with Crippen LogP contribution in [0.4, 0.5) is 14.9 Å². The Kier molecular flexibility index (Phi) is 8.38. The first-order valence-corrected chi connectivity index (χ1v) is 15.5. The first-order chi connectivity index (χ1) is 21.6. The van der Waals surface area contributed by atoms with Crippen LogP contribution in [0.3, 0.4) is 0 Å². The van der Waals surface area contributed by atoms with E-state index in [-0.39, 0.29) is 23.7 Å². The maximum absolute atomic E-state index is 14.9. The lowest BCUT2D eigenvalue weighted by Crippen LogP contribution is -2.51. The fourth-order valence-electron chi connectivity index (χ4n) is 5.07. The van der Waals surface area contributed by atoms with E-state index in [0.29, 0.717) is 65.6 Å². The van der Waals surface area contributed by atoms with Crippen molar-refractivity contribution in [3.8, 4) is 22.1 Å². The maximum Gasteiger partial charge on any atom is 0.319 e. The van der Waals surface area contributed by atoms with E-state index in [1.54, 1.807) is 55.4 Å². The lowest BCUT2D eigenvalue weighted by molar-refractivity contribution is -0.148. The van der Waals surface area contributed by atoms with Gasteiger partial charge in [-0.25, -0.2) is 9.18 Å². The number of aromatic nitrogens is 2. The van der Waals surface area contributed by atoms with Crippen molar-refractivity contribution in [1.29, 1.82) is 0 Å². The summed E-state index contributed by atoms with van der Waals surface area (Å²) < 4.78 is 21.6. The summed E-state index contributed by atoms with van der Waals surface area (Å²) in [6.07, 6.45) is 5.05. The van der Waals surface area contributed by atoms with E-state index in [2.05, 4.69) is 25.5 Å². The van der Waals surface area contributed by atoms with Crippen LogP contribution in [0.2, 0.25) is 0 Å². The van der Waals surface area contributed by atoms with Gasteiger partial charge in [-0.2, -0.15) is 0 Å². The molecule has 2 aliphatic rings. The van der Waals surface area contributed by atoms with Crippen LogP contribution in [-0.2, 0) is 4.79 Å². The van der Waals surface area contributed by atoms with Crippen LogP contribution in [0.1, 0.15) is 37.0 Å². The Bertz CT molecular complexity index is 1750. The highest BCUT2D eigenvalue weighted by atomic mass is 32.1. The Morgan fingerprint density at radius 3 is 2.49 bits per heavy atom. The molecule has 1 saturated heterocycles. The number of benzene rings is 1. The first-order valence-electron chi connectivity index (χ1n) is 14.7. The normalized spacial score (nSPS) is 15.6. The van der Waals surface area contributed by atoms with Crippen molar-refractivity contribution in [2.24, 2.45) is 5.41 Å². The second kappa shape index (κ2) is 12.4. The molecule has 4 heterocycles. The van der Waals surface area contributed by atoms with Gasteiger partial charge in [0.2, 0.25) is 0 Å². The standard InChI is InChI=1S/C32H33FN6O5S/c1-32(2,30(41)42)18-38-11-13-39(14-12-38)29(40)19-3-7-23(35-17-19)27-16-24-28(45-27)26(9-10-34-24)44-25-8-6-21(15-22(25)33)37-31(43)36-20-4-5-20/h3,6-10,15-17,20H,4-5,11-14,18H2,1-2H3,(H,41,42)(H2,36,37,43). The number of hydrogen-bond donors (Lipinski definition) is 3. The van der Waals surface area contributed by atoms with Crippen molar-refractivity contribution >= 4 is 45.1 Å². The van der Waals surface area contributed by atoms with Crippen LogP contribution in [-0.4, -0.2) is 81.5 Å². The fourth-order valence-corrected chi connectivity index (χ4v) is 6.11. The summed E-state index contributed by atoms with van der Waals surface area (Å²) in [6, 6.07) is 11.2. The quantitative estimate of drug-likeness (QED) is 0.222. The van der Waals surface area contributed by atoms with Gasteiger partial charge in [-0.15, -0.1) is 11.3 Å². The number of nitrogens with one attached hydrogen (secondary N) is 2. The Labute approximate surface area is 263 Å². The van der Waals surface area contributed by atoms with Gasteiger partial charge < -0.3 is 25.4 Å². The second-order valence-corrected chi connectivity index (χ2v) is 13.0. The van der Waals surface area contributed by atoms with Gasteiger partial charge in [0.05, 0.1) is 31.8 Å². The van der Waals surface area contributed by atoms with Gasteiger partial charge >= 0.3 is 12.0 Å². The third-order valence-corrected chi connectivity index (χ3v) is 8.98. The molecule has 3 aromatic heterocycles. The molecule has 0 bridgehead atoms. The number of pyridine rings is 2. The molecule has 13 heteroatoms. The molecule has 0 unspecified atom stereocenters. The minimum Gasteiger partial charge on any atom is -0.481 e. The van der Waals surface area contributed by atoms with E-state index in [9.17, 15) is 23.9 Å². The Balaban J connectivity index is 1.10. The van der Waals surface area contributed by atoms with Crippen LogP contribution < -0.4 is 15.4 Å². The van der Waals surface area contributed by atoms with Gasteiger partial charge in [-0.05, 0) is 57.0 Å². The molecular formula is C32H33FN6O5S. The number of ether oxygens (including phenoxy) is 1. The summed E-state index contributed by atoms with van der Waals surface area (Å²) in [5.41, 5.74) is 1.27. The minimum atomic E-state index is -0.852. The lowest BCUT2D eigenvalue weighted by atomic mass is 9.93. The molecular weight excluding hydrogens is 599 g/mol. The average molecular weight is 633 g/mol. The number of amides is 3. The van der Waals surface area contributed by atoms with Crippen molar-refractivity contribution in [1.82, 2.24) is 25.1 Å². The number of rotatable bonds is 9. The Morgan fingerprint density at radius 2 is 1.82 bits per heavy atom. The fraction of sp³-hybridized carbons (Fsp3) is 0.344. The number of carboxylic acid groups (broad SMARTS) is 1. The topological polar surface area (TPSA) is 137 Å². The van der Waals surface area contributed by atoms with Crippen molar-refractivity contribution in [2.75, 3.05) is 38.0 Å². The number of hydrogen-bond acceptors (Lipinski definition) is 8. The van der Waals surface area contributed by atoms with E-state index in [0.717, 1.165) is 17.7 Å². The number of anilines is 1. The Hall–Kier alpha value is -4.62. The molecule has 3 amide bonds. The number of aliphatic carboxylic acids is 1. The van der Waals surface area contributed by atoms with Crippen LogP contribution in [0.5, 0.6) is 11.5 Å². The zero-order valence-electron chi connectivity index (χ0n) is 24.9. The summed E-state index contributed by atoms with van der Waals surface area (Å²) in [5, 5.41) is 14.8. The average Bonchev–Trinajstić information content (AvgIpc) is 3.71. The molecule has 11 nitrogen and oxygen atoms in total. The molecule has 4 aromatic rings. The summed E-state index contributed by atoms with van der Waals surface area (Å²) in [6.45, 7) is 6.07. The molecule has 0 atom stereocenters. The number of carbonyl (C=O) groups excluding carboxylic acids is 2. The summed E-state index contributed by atoms with van der Waals surface area (Å²) in [4.78, 5) is 50.2. The molecule has 2 fully saturated rings. The summed E-state index contributed by atoms with van der Waals surface area (Å²) >= 11 is 1.39. The highest BCUT2D eigenvalue weighted by Gasteiger charge is 2.32. The number of halogens is 1. The van der Waals surface area contributed by atoms with Crippen molar-refractivity contribution < 1.29 is 28.6 Å². The van der Waals surface area contributed by atoms with Crippen molar-refractivity contribution in [2.45, 2.75) is 32.7 Å². The summed E-state index contributed by atoms with van der Waals surface area (Å²) in [5.74, 6) is -1.13. The van der Waals surface area contributed by atoms with E-state index >= 15 is 0 Å². The lowest BCUT2D eigenvalue weighted by Gasteiger charge is -2.37. The summed E-state index contributed by atoms with van der Waals surface area (Å²) in [7, 11) is 0. The largest absolute Gasteiger partial charge is 0.481 e. The highest BCUT2D eigenvalue weighted by Crippen LogP contribution is 2.39. The maximum atomic E-state index is 14.9. The Morgan fingerprint density at radius 1 is 1.04 bits per heavy atom. The van der Waals surface area contributed by atoms with E-state index in [4.69, 9.17) is 4.74 Å². The van der Waals surface area contributed by atoms with Gasteiger partial charge in [-0.1, -0.05) is 0 Å². The number of thiophene rings is 1. The monoisotopic (exact) mass is 632 g/mol. The zero-order chi connectivity index (χ0) is 31.7. The zero-order valence-corrected chi connectivity index (χ0v) is 25.7. The molecule has 3 N–H and O–H groups in total. The molecule has 1 aliphatic carbocycles. The van der Waals surface area contributed by atoms with Crippen molar-refractivity contribution in [3.05, 3.63) is 66.2 Å². The number of fused-ring (bicyclic) bond motifs is 1. The van der Waals surface area contributed by atoms with Gasteiger partial charge in [0, 0.05) is 69.0 Å². The smallest absolute Gasteiger partial charge is 0.319 e. The molecule has 234 valence electrons. The second-order valence-electron chi connectivity index (χ2n) is 11.9. The van der Waals surface area contributed by atoms with E-state index in [1.165, 1.54) is 23.5 Å². The number of piperazine rings is 1. The number of carboxylic acids is 1. The number of carbonyl (C=O) groups is 3. The molecule has 0 spiro atoms. The molecule has 1 saturated carbocycles. The van der Waals surface area contributed by atoms with Gasteiger partial charge in [0.25, 0.3) is 5.91 Å². The van der Waals surface area contributed by atoms with Gasteiger partial charge in [0.15, 0.2) is 11.6 Å². The predicted molar refractivity (Wildman–Crippen MR) is 168 cm³/mol. The highest BCUT2D eigenvalue weighted by molar-refractivity contribution is 7.22. The molecule has 1 aromatic carbocycles. The van der Waals surface area contributed by atoms with Crippen molar-refractivity contribution in [3.63, 3.8) is 0 Å².